The van der Waals surface area contributed by atoms with Crippen LogP contribution in [0.3, 0.4) is 0 Å². The number of nitrogens with one attached hydrogen (secondary N) is 4. The molecule has 0 spiro atoms. The summed E-state index contributed by atoms with van der Waals surface area (Å²) in [5.74, 6) is -7.99. The summed E-state index contributed by atoms with van der Waals surface area (Å²) in [6.45, 7) is 5.69. The lowest BCUT2D eigenvalue weighted by atomic mass is 10.0. The van der Waals surface area contributed by atoms with Gasteiger partial charge in [-0.25, -0.2) is 4.79 Å². The molecule has 0 aromatic rings. The molecule has 0 aromatic carbocycles. The molecule has 0 aromatic heterocycles. The summed E-state index contributed by atoms with van der Waals surface area (Å²) < 4.78 is 11.6. The minimum Gasteiger partial charge on any atom is -0.481 e. The van der Waals surface area contributed by atoms with Crippen LogP contribution in [0.1, 0.15) is 303 Å². The number of carbonyl (C=O) groups is 9. The average molecular weight is 1200 g/mol. The molecule has 0 saturated heterocycles. The van der Waals surface area contributed by atoms with E-state index >= 15 is 0 Å². The maximum atomic E-state index is 14.1. The molecule has 18 nitrogen and oxygen atoms in total. The predicted molar refractivity (Wildman–Crippen MR) is 330 cm³/mol. The highest BCUT2D eigenvalue weighted by Gasteiger charge is 2.29. The van der Waals surface area contributed by atoms with E-state index in [2.05, 4.69) is 42.0 Å². The van der Waals surface area contributed by atoms with Gasteiger partial charge in [0.1, 0.15) is 30.8 Å². The molecule has 83 heavy (non-hydrogen) atoms. The topological polar surface area (TPSA) is 281 Å². The standard InChI is InChI=1S/C64H116N4O14S/c1-4-7-10-13-16-19-22-24-27-30-33-36-39-42-60(75)81-49-52(82-61(76)43-40-37-34-31-28-25-23-20-17-14-11-8-5-2)50-83-51-55(67-56(69)41-38-35-32-29-26-21-18-15-12-9-6-3)63(78)68-53(44-46-58(71)72)62(77)65-48-57(70)66-54(64(79)80)45-47-59(73)74/h52-55H,4-51H2,1-3H3,(H,65,77)(H,66,70)(H,67,69)(H,68,78)(H,71,72)(H,73,74)(H,79,80)/t52-,53+,54+,55+/m1/s1. The van der Waals surface area contributed by atoms with Crippen LogP contribution in [0.4, 0.5) is 0 Å². The van der Waals surface area contributed by atoms with Crippen LogP contribution in [0.5, 0.6) is 0 Å². The maximum Gasteiger partial charge on any atom is 0.326 e. The number of hydrogen-bond acceptors (Lipinski definition) is 12. The number of hydrogen-bond donors (Lipinski definition) is 7. The third-order valence-electron chi connectivity index (χ3n) is 14.9. The fraction of sp³-hybridized carbons (Fsp3) is 0.859. The number of carboxylic acid groups (broad SMARTS) is 3. The van der Waals surface area contributed by atoms with Gasteiger partial charge in [-0.05, 0) is 32.1 Å². The highest BCUT2D eigenvalue weighted by molar-refractivity contribution is 7.99. The zero-order chi connectivity index (χ0) is 61.4. The van der Waals surface area contributed by atoms with E-state index < -0.39 is 110 Å². The fourth-order valence-corrected chi connectivity index (χ4v) is 10.8. The maximum absolute atomic E-state index is 14.1. The van der Waals surface area contributed by atoms with Gasteiger partial charge in [0.05, 0.1) is 6.54 Å². The molecule has 19 heteroatoms. The summed E-state index contributed by atoms with van der Waals surface area (Å²) in [5, 5.41) is 37.7. The summed E-state index contributed by atoms with van der Waals surface area (Å²) in [4.78, 5) is 114. The molecule has 0 saturated carbocycles. The Morgan fingerprint density at radius 3 is 1.13 bits per heavy atom. The van der Waals surface area contributed by atoms with Crippen molar-refractivity contribution >= 4 is 65.2 Å². The van der Waals surface area contributed by atoms with Gasteiger partial charge in [-0.3, -0.25) is 38.4 Å². The van der Waals surface area contributed by atoms with Gasteiger partial charge in [-0.15, -0.1) is 0 Å². The van der Waals surface area contributed by atoms with Gasteiger partial charge >= 0.3 is 29.8 Å². The van der Waals surface area contributed by atoms with Crippen LogP contribution in [0.25, 0.3) is 0 Å². The van der Waals surface area contributed by atoms with Gasteiger partial charge < -0.3 is 46.1 Å². The van der Waals surface area contributed by atoms with Crippen LogP contribution in [0.2, 0.25) is 0 Å². The van der Waals surface area contributed by atoms with Crippen LogP contribution in [0, 0.1) is 0 Å². The summed E-state index contributed by atoms with van der Waals surface area (Å²) in [5.41, 5.74) is 0. The van der Waals surface area contributed by atoms with E-state index in [1.165, 1.54) is 166 Å². The van der Waals surface area contributed by atoms with Gasteiger partial charge in [-0.1, -0.05) is 239 Å². The lowest BCUT2D eigenvalue weighted by molar-refractivity contribution is -0.157. The molecular formula is C64H116N4O14S. The molecule has 0 unspecified atom stereocenters. The van der Waals surface area contributed by atoms with Crippen molar-refractivity contribution in [2.75, 3.05) is 24.7 Å². The van der Waals surface area contributed by atoms with E-state index in [-0.39, 0.29) is 37.4 Å². The molecule has 0 fully saturated rings. The van der Waals surface area contributed by atoms with E-state index in [0.29, 0.717) is 19.3 Å². The second-order valence-corrected chi connectivity index (χ2v) is 23.9. The number of carbonyl (C=O) groups excluding carboxylic acids is 6. The van der Waals surface area contributed by atoms with Crippen molar-refractivity contribution in [1.82, 2.24) is 21.3 Å². The Kier molecular flexibility index (Phi) is 53.7. The molecule has 0 rings (SSSR count). The molecule has 0 radical (unpaired) electrons. The van der Waals surface area contributed by atoms with Crippen LogP contribution in [0.15, 0.2) is 0 Å². The minimum absolute atomic E-state index is 0.0712. The predicted octanol–water partition coefficient (Wildman–Crippen LogP) is 13.2. The molecule has 0 aliphatic heterocycles. The molecule has 7 N–H and O–H groups in total. The Balaban J connectivity index is 5.93. The van der Waals surface area contributed by atoms with Crippen LogP contribution < -0.4 is 21.3 Å². The lowest BCUT2D eigenvalue weighted by Gasteiger charge is -2.24. The summed E-state index contributed by atoms with van der Waals surface area (Å²) in [6.07, 6.45) is 40.0. The van der Waals surface area contributed by atoms with Crippen LogP contribution in [-0.2, 0) is 52.6 Å². The Bertz CT molecular complexity index is 1720. The molecule has 0 heterocycles. The van der Waals surface area contributed by atoms with Crippen molar-refractivity contribution in [2.24, 2.45) is 0 Å². The first kappa shape index (κ1) is 78.6. The first-order valence-corrected chi connectivity index (χ1v) is 34.0. The van der Waals surface area contributed by atoms with Crippen molar-refractivity contribution in [3.63, 3.8) is 0 Å². The number of unbranched alkanes of at least 4 members (excludes halogenated alkanes) is 34. The monoisotopic (exact) mass is 1200 g/mol. The Hall–Kier alpha value is -4.42. The van der Waals surface area contributed by atoms with Crippen molar-refractivity contribution in [3.05, 3.63) is 0 Å². The normalized spacial score (nSPS) is 12.6. The van der Waals surface area contributed by atoms with Crippen LogP contribution >= 0.6 is 11.8 Å². The van der Waals surface area contributed by atoms with Gasteiger partial charge in [0, 0.05) is 43.6 Å². The Morgan fingerprint density at radius 1 is 0.373 bits per heavy atom. The first-order chi connectivity index (χ1) is 40.1. The van der Waals surface area contributed by atoms with Crippen molar-refractivity contribution in [2.45, 2.75) is 328 Å². The fourth-order valence-electron chi connectivity index (χ4n) is 9.78. The highest BCUT2D eigenvalue weighted by atomic mass is 32.2. The van der Waals surface area contributed by atoms with Crippen LogP contribution in [-0.4, -0.2) is 118 Å². The van der Waals surface area contributed by atoms with E-state index in [0.717, 1.165) is 64.2 Å². The number of rotatable bonds is 61. The van der Waals surface area contributed by atoms with Gasteiger partial charge in [-0.2, -0.15) is 11.8 Å². The highest BCUT2D eigenvalue weighted by Crippen LogP contribution is 2.18. The Morgan fingerprint density at radius 2 is 0.735 bits per heavy atom. The van der Waals surface area contributed by atoms with Crippen molar-refractivity contribution in [1.29, 1.82) is 0 Å². The average Bonchev–Trinajstić information content (AvgIpc) is 3.46. The number of carboxylic acids is 3. The second kappa shape index (κ2) is 56.7. The van der Waals surface area contributed by atoms with E-state index in [9.17, 15) is 53.4 Å². The zero-order valence-electron chi connectivity index (χ0n) is 52.0. The summed E-state index contributed by atoms with van der Waals surface area (Å²) in [7, 11) is 0. The van der Waals surface area contributed by atoms with E-state index in [4.69, 9.17) is 14.6 Å². The zero-order valence-corrected chi connectivity index (χ0v) is 52.8. The second-order valence-electron chi connectivity index (χ2n) is 22.8. The number of esters is 2. The van der Waals surface area contributed by atoms with Gasteiger partial charge in [0.15, 0.2) is 0 Å². The summed E-state index contributed by atoms with van der Waals surface area (Å²) in [6, 6.07) is -4.31. The summed E-state index contributed by atoms with van der Waals surface area (Å²) >= 11 is 1.17. The van der Waals surface area contributed by atoms with Gasteiger partial charge in [0.25, 0.3) is 0 Å². The lowest BCUT2D eigenvalue weighted by Crippen LogP contribution is -2.55. The Labute approximate surface area is 504 Å². The largest absolute Gasteiger partial charge is 0.481 e. The molecule has 0 aliphatic rings. The first-order valence-electron chi connectivity index (χ1n) is 32.9. The SMILES string of the molecule is CCCCCCCCCCCCCCCC(=O)OC[C@H](CSC[C@H](NC(=O)CCCCCCCCCCCCC)C(=O)N[C@@H](CCC(=O)O)C(=O)NCC(=O)N[C@@H](CCC(=O)O)C(=O)O)OC(=O)CCCCCCCCCCCCCCC. The molecule has 4 atom stereocenters. The smallest absolute Gasteiger partial charge is 0.326 e. The van der Waals surface area contributed by atoms with Crippen molar-refractivity contribution in [3.8, 4) is 0 Å². The number of aliphatic carboxylic acids is 3. The number of amides is 4. The van der Waals surface area contributed by atoms with Gasteiger partial charge in [0.2, 0.25) is 23.6 Å². The number of thioether (sulfide) groups is 1. The van der Waals surface area contributed by atoms with E-state index in [1.54, 1.807) is 0 Å². The molecule has 0 bridgehead atoms. The molecular weight excluding hydrogens is 1080 g/mol. The molecule has 0 aliphatic carbocycles. The molecule has 482 valence electrons. The third-order valence-corrected chi connectivity index (χ3v) is 16.1. The van der Waals surface area contributed by atoms with E-state index in [1.807, 2.05) is 0 Å². The quantitative estimate of drug-likeness (QED) is 0.0220. The third kappa shape index (κ3) is 51.7. The van der Waals surface area contributed by atoms with Crippen molar-refractivity contribution < 1.29 is 67.9 Å². The molecule has 4 amide bonds. The number of ether oxygens (including phenoxy) is 2. The minimum atomic E-state index is -1.56.